The van der Waals surface area contributed by atoms with Gasteiger partial charge in [0.1, 0.15) is 0 Å². The molecule has 0 amide bonds. The van der Waals surface area contributed by atoms with Crippen molar-refractivity contribution >= 4 is 5.97 Å². The van der Waals surface area contributed by atoms with Gasteiger partial charge in [-0.2, -0.15) is 0 Å². The summed E-state index contributed by atoms with van der Waals surface area (Å²) in [5.74, 6) is -3.42. The van der Waals surface area contributed by atoms with Crippen LogP contribution >= 0.6 is 0 Å². The second-order valence-corrected chi connectivity index (χ2v) is 12.1. The molecule has 0 saturated heterocycles. The zero-order chi connectivity index (χ0) is 23.5. The third-order valence-electron chi connectivity index (χ3n) is 10.8. The highest BCUT2D eigenvalue weighted by atomic mass is 19.3. The van der Waals surface area contributed by atoms with Gasteiger partial charge in [-0.05, 0) is 91.8 Å². The Morgan fingerprint density at radius 3 is 2.38 bits per heavy atom. The number of alkyl halides is 2. The zero-order valence-electron chi connectivity index (χ0n) is 20.2. The Bertz CT molecular complexity index is 714. The Morgan fingerprint density at radius 1 is 1.03 bits per heavy atom. The molecule has 4 saturated carbocycles. The lowest BCUT2D eigenvalue weighted by atomic mass is 9.43. The summed E-state index contributed by atoms with van der Waals surface area (Å²) < 4.78 is 36.4. The summed E-state index contributed by atoms with van der Waals surface area (Å²) in [5, 5.41) is 20.8. The van der Waals surface area contributed by atoms with Gasteiger partial charge in [0, 0.05) is 18.8 Å². The Hall–Kier alpha value is -0.750. The Labute approximate surface area is 191 Å². The van der Waals surface area contributed by atoms with Gasteiger partial charge in [0.25, 0.3) is 5.92 Å². The van der Waals surface area contributed by atoms with Crippen molar-refractivity contribution in [3.05, 3.63) is 0 Å². The van der Waals surface area contributed by atoms with Crippen molar-refractivity contribution in [1.29, 1.82) is 0 Å². The summed E-state index contributed by atoms with van der Waals surface area (Å²) in [6, 6.07) is 0. The highest BCUT2D eigenvalue weighted by Gasteiger charge is 2.69. The topological polar surface area (TPSA) is 66.8 Å². The van der Waals surface area contributed by atoms with Gasteiger partial charge in [-0.3, -0.25) is 4.79 Å². The van der Waals surface area contributed by atoms with Crippen molar-refractivity contribution in [2.75, 3.05) is 7.11 Å². The fourth-order valence-corrected chi connectivity index (χ4v) is 9.03. The third kappa shape index (κ3) is 3.72. The summed E-state index contributed by atoms with van der Waals surface area (Å²) in [5.41, 5.74) is -0.415. The molecule has 0 radical (unpaired) electrons. The standard InChI is InChI=1S/C26H42F2O4/c1-15(6-5-7-21(30)32-4)16-8-9-17-22-18(10-12-24(16,17)2)25(3)13-11-20(29)23(31)19(25)14-26(22,27)28/h15-20,22-23,29,31H,5-14H2,1-4H3/t15-,16-,17+,18+,19?,20+,22+,23-,24-,25-/m1/s1. The molecule has 32 heavy (non-hydrogen) atoms. The van der Waals surface area contributed by atoms with Crippen LogP contribution in [0.15, 0.2) is 0 Å². The van der Waals surface area contributed by atoms with Crippen LogP contribution in [0.2, 0.25) is 0 Å². The summed E-state index contributed by atoms with van der Waals surface area (Å²) in [4.78, 5) is 11.5. The smallest absolute Gasteiger partial charge is 0.305 e. The molecule has 4 aliphatic carbocycles. The van der Waals surface area contributed by atoms with Crippen molar-refractivity contribution in [2.45, 2.75) is 103 Å². The van der Waals surface area contributed by atoms with Crippen LogP contribution in [0.1, 0.15) is 85.0 Å². The first kappa shape index (κ1) is 24.4. The van der Waals surface area contributed by atoms with Crippen molar-refractivity contribution in [2.24, 2.45) is 46.3 Å². The van der Waals surface area contributed by atoms with E-state index < -0.39 is 30.0 Å². The minimum Gasteiger partial charge on any atom is -0.469 e. The molecule has 0 aliphatic heterocycles. The first-order valence-corrected chi connectivity index (χ1v) is 12.8. The number of aliphatic hydroxyl groups excluding tert-OH is 2. The lowest BCUT2D eigenvalue weighted by Gasteiger charge is -2.63. The normalized spacial score (nSPS) is 48.3. The van der Waals surface area contributed by atoms with Crippen LogP contribution in [0.5, 0.6) is 0 Å². The maximum absolute atomic E-state index is 15.8. The number of carbonyl (C=O) groups is 1. The molecule has 4 rings (SSSR count). The minimum absolute atomic E-state index is 0.00562. The molecular weight excluding hydrogens is 414 g/mol. The lowest BCUT2D eigenvalue weighted by molar-refractivity contribution is -0.258. The van der Waals surface area contributed by atoms with Crippen LogP contribution in [-0.4, -0.2) is 41.4 Å². The van der Waals surface area contributed by atoms with Gasteiger partial charge in [0.2, 0.25) is 0 Å². The predicted molar refractivity (Wildman–Crippen MR) is 118 cm³/mol. The van der Waals surface area contributed by atoms with Crippen molar-refractivity contribution in [1.82, 2.24) is 0 Å². The number of fused-ring (bicyclic) bond motifs is 5. The number of carbonyl (C=O) groups excluding carboxylic acids is 1. The van der Waals surface area contributed by atoms with E-state index in [4.69, 9.17) is 4.74 Å². The number of hydrogen-bond donors (Lipinski definition) is 2. The largest absolute Gasteiger partial charge is 0.469 e. The maximum Gasteiger partial charge on any atom is 0.305 e. The second kappa shape index (κ2) is 8.48. The molecule has 6 heteroatoms. The van der Waals surface area contributed by atoms with Crippen LogP contribution in [-0.2, 0) is 9.53 Å². The number of rotatable bonds is 5. The van der Waals surface area contributed by atoms with Gasteiger partial charge in [0.15, 0.2) is 0 Å². The molecule has 0 aromatic rings. The van der Waals surface area contributed by atoms with Gasteiger partial charge < -0.3 is 14.9 Å². The quantitative estimate of drug-likeness (QED) is 0.558. The number of ether oxygens (including phenoxy) is 1. The molecule has 4 fully saturated rings. The summed E-state index contributed by atoms with van der Waals surface area (Å²) in [6.45, 7) is 6.60. The van der Waals surface area contributed by atoms with E-state index in [1.54, 1.807) is 0 Å². The van der Waals surface area contributed by atoms with Gasteiger partial charge in [0.05, 0.1) is 19.3 Å². The average molecular weight is 457 g/mol. The van der Waals surface area contributed by atoms with Crippen LogP contribution in [0.25, 0.3) is 0 Å². The van der Waals surface area contributed by atoms with Gasteiger partial charge >= 0.3 is 5.97 Å². The predicted octanol–water partition coefficient (Wildman–Crippen LogP) is 5.20. The van der Waals surface area contributed by atoms with Crippen molar-refractivity contribution < 1.29 is 28.5 Å². The highest BCUT2D eigenvalue weighted by molar-refractivity contribution is 5.68. The van der Waals surface area contributed by atoms with E-state index in [2.05, 4.69) is 20.8 Å². The number of aliphatic hydroxyl groups is 2. The molecule has 4 nitrogen and oxygen atoms in total. The number of methoxy groups -OCH3 is 1. The van der Waals surface area contributed by atoms with Crippen LogP contribution in [0.3, 0.4) is 0 Å². The van der Waals surface area contributed by atoms with Crippen LogP contribution in [0.4, 0.5) is 8.78 Å². The van der Waals surface area contributed by atoms with E-state index >= 15 is 8.78 Å². The molecule has 0 spiro atoms. The summed E-state index contributed by atoms with van der Waals surface area (Å²) in [6.07, 6.45) is 4.73. The maximum atomic E-state index is 15.8. The van der Waals surface area contributed by atoms with E-state index in [9.17, 15) is 15.0 Å². The summed E-state index contributed by atoms with van der Waals surface area (Å²) >= 11 is 0. The highest BCUT2D eigenvalue weighted by Crippen LogP contribution is 2.71. The Kier molecular flexibility index (Phi) is 6.46. The fourth-order valence-electron chi connectivity index (χ4n) is 9.03. The molecule has 2 N–H and O–H groups in total. The molecule has 0 bridgehead atoms. The fraction of sp³-hybridized carbons (Fsp3) is 0.962. The van der Waals surface area contributed by atoms with E-state index in [-0.39, 0.29) is 35.1 Å². The van der Waals surface area contributed by atoms with Gasteiger partial charge in [-0.1, -0.05) is 20.8 Å². The monoisotopic (exact) mass is 456 g/mol. The van der Waals surface area contributed by atoms with Crippen molar-refractivity contribution in [3.8, 4) is 0 Å². The zero-order valence-corrected chi connectivity index (χ0v) is 20.2. The molecule has 10 atom stereocenters. The number of esters is 1. The van der Waals surface area contributed by atoms with E-state index in [1.807, 2.05) is 0 Å². The molecule has 1 unspecified atom stereocenters. The van der Waals surface area contributed by atoms with E-state index in [0.717, 1.165) is 44.9 Å². The van der Waals surface area contributed by atoms with Crippen molar-refractivity contribution in [3.63, 3.8) is 0 Å². The van der Waals surface area contributed by atoms with Crippen LogP contribution in [0, 0.1) is 46.3 Å². The van der Waals surface area contributed by atoms with Crippen LogP contribution < -0.4 is 0 Å². The molecule has 4 aliphatic rings. The second-order valence-electron chi connectivity index (χ2n) is 12.1. The number of halogens is 2. The molecular formula is C26H42F2O4. The molecule has 184 valence electrons. The first-order valence-electron chi connectivity index (χ1n) is 12.8. The average Bonchev–Trinajstić information content (AvgIpc) is 3.09. The summed E-state index contributed by atoms with van der Waals surface area (Å²) in [7, 11) is 1.41. The van der Waals surface area contributed by atoms with Gasteiger partial charge in [-0.25, -0.2) is 8.78 Å². The third-order valence-corrected chi connectivity index (χ3v) is 10.8. The minimum atomic E-state index is -2.80. The SMILES string of the molecule is COC(=O)CCC[C@@H](C)[C@H]1CC[C@H]2[C@H]3[C@H](CC[C@]12C)[C@@]1(C)CC[C@H](O)[C@H](O)C1CC3(F)F. The van der Waals surface area contributed by atoms with E-state index in [1.165, 1.54) is 7.11 Å². The molecule has 0 aromatic heterocycles. The lowest BCUT2D eigenvalue weighted by Crippen LogP contribution is -2.64. The van der Waals surface area contributed by atoms with E-state index in [0.29, 0.717) is 24.7 Å². The first-order chi connectivity index (χ1) is 15.0. The number of hydrogen-bond acceptors (Lipinski definition) is 4. The Balaban J connectivity index is 1.54. The van der Waals surface area contributed by atoms with Gasteiger partial charge in [-0.15, -0.1) is 0 Å². The molecule has 0 aromatic carbocycles. The molecule has 0 heterocycles. The Morgan fingerprint density at radius 2 is 1.69 bits per heavy atom.